The minimum absolute atomic E-state index is 0.123. The minimum atomic E-state index is -0.123. The van der Waals surface area contributed by atoms with Crippen molar-refractivity contribution in [2.24, 2.45) is 5.41 Å². The molecule has 0 atom stereocenters. The molecule has 0 aliphatic heterocycles. The van der Waals surface area contributed by atoms with Gasteiger partial charge in [-0.15, -0.1) is 4.89 Å². The van der Waals surface area contributed by atoms with E-state index in [1.165, 1.54) is 0 Å². The van der Waals surface area contributed by atoms with E-state index >= 15 is 0 Å². The molecule has 12 heavy (non-hydrogen) atoms. The predicted octanol–water partition coefficient (Wildman–Crippen LogP) is 1.39. The van der Waals surface area contributed by atoms with Crippen LogP contribution in [-0.2, 0) is 9.63 Å². The number of nitrogens with one attached hydrogen (secondary N) is 1. The van der Waals surface area contributed by atoms with Gasteiger partial charge in [0.15, 0.2) is 0 Å². The maximum absolute atomic E-state index is 10.6. The van der Waals surface area contributed by atoms with Crippen LogP contribution in [0.1, 0.15) is 25.7 Å². The standard InChI is InChI=1S/C7H13NO3S/c9-6-7(2-1-3-7)4-5-11-8-12-10/h6,8,10H,1-5H2. The van der Waals surface area contributed by atoms with Crippen LogP contribution in [0.15, 0.2) is 0 Å². The molecule has 0 spiro atoms. The van der Waals surface area contributed by atoms with E-state index in [0.717, 1.165) is 32.0 Å². The largest absolute Gasteiger partial charge is 0.315 e. The number of aldehydes is 1. The lowest BCUT2D eigenvalue weighted by atomic mass is 9.68. The molecule has 0 amide bonds. The third-order valence-corrected chi connectivity index (χ3v) is 2.59. The summed E-state index contributed by atoms with van der Waals surface area (Å²) in [5.41, 5.74) is -0.123. The Balaban J connectivity index is 2.08. The lowest BCUT2D eigenvalue weighted by molar-refractivity contribution is -0.122. The normalized spacial score (nSPS) is 20.1. The van der Waals surface area contributed by atoms with Crippen molar-refractivity contribution in [3.8, 4) is 0 Å². The van der Waals surface area contributed by atoms with Crippen LogP contribution in [0.25, 0.3) is 0 Å². The molecular formula is C7H13NO3S. The molecule has 0 radical (unpaired) electrons. The average Bonchev–Trinajstić information content (AvgIpc) is 2.02. The van der Waals surface area contributed by atoms with Gasteiger partial charge < -0.3 is 9.35 Å². The van der Waals surface area contributed by atoms with Crippen molar-refractivity contribution in [3.63, 3.8) is 0 Å². The SMILES string of the molecule is O=CC1(CCONSO)CCC1. The highest BCUT2D eigenvalue weighted by Gasteiger charge is 2.36. The zero-order valence-corrected chi connectivity index (χ0v) is 7.60. The molecule has 1 rings (SSSR count). The van der Waals surface area contributed by atoms with Crippen molar-refractivity contribution in [1.82, 2.24) is 4.89 Å². The quantitative estimate of drug-likeness (QED) is 0.218. The summed E-state index contributed by atoms with van der Waals surface area (Å²) >= 11 is 0.425. The Morgan fingerprint density at radius 2 is 2.42 bits per heavy atom. The molecule has 0 saturated heterocycles. The Morgan fingerprint density at radius 3 is 2.83 bits per heavy atom. The Morgan fingerprint density at radius 1 is 1.67 bits per heavy atom. The fourth-order valence-electron chi connectivity index (χ4n) is 1.38. The second kappa shape index (κ2) is 4.81. The first kappa shape index (κ1) is 9.98. The Hall–Kier alpha value is -0.100. The monoisotopic (exact) mass is 191 g/mol. The van der Waals surface area contributed by atoms with Crippen LogP contribution in [-0.4, -0.2) is 17.4 Å². The van der Waals surface area contributed by atoms with Crippen molar-refractivity contribution in [1.29, 1.82) is 0 Å². The van der Waals surface area contributed by atoms with Crippen LogP contribution in [0.3, 0.4) is 0 Å². The highest BCUT2D eigenvalue weighted by molar-refractivity contribution is 7.91. The van der Waals surface area contributed by atoms with Gasteiger partial charge in [0.1, 0.15) is 18.5 Å². The van der Waals surface area contributed by atoms with E-state index < -0.39 is 0 Å². The molecule has 0 heterocycles. The van der Waals surface area contributed by atoms with Crippen LogP contribution in [0.5, 0.6) is 0 Å². The number of hydrogen-bond donors (Lipinski definition) is 2. The smallest absolute Gasteiger partial charge is 0.126 e. The highest BCUT2D eigenvalue weighted by Crippen LogP contribution is 2.41. The lowest BCUT2D eigenvalue weighted by Gasteiger charge is -2.36. The van der Waals surface area contributed by atoms with Crippen LogP contribution in [0.4, 0.5) is 0 Å². The van der Waals surface area contributed by atoms with Crippen molar-refractivity contribution >= 4 is 18.5 Å². The zero-order chi connectivity index (χ0) is 8.86. The van der Waals surface area contributed by atoms with Gasteiger partial charge in [-0.1, -0.05) is 6.42 Å². The van der Waals surface area contributed by atoms with Crippen LogP contribution < -0.4 is 4.89 Å². The molecule has 2 N–H and O–H groups in total. The third kappa shape index (κ3) is 2.45. The summed E-state index contributed by atoms with van der Waals surface area (Å²) in [6.45, 7) is 0.465. The summed E-state index contributed by atoms with van der Waals surface area (Å²) in [6.07, 6.45) is 4.87. The minimum Gasteiger partial charge on any atom is -0.315 e. The Labute approximate surface area is 76.0 Å². The van der Waals surface area contributed by atoms with E-state index in [-0.39, 0.29) is 5.41 Å². The van der Waals surface area contributed by atoms with E-state index in [2.05, 4.69) is 4.89 Å². The first-order valence-corrected chi connectivity index (χ1v) is 4.74. The molecule has 0 aromatic carbocycles. The molecule has 0 aromatic heterocycles. The van der Waals surface area contributed by atoms with Gasteiger partial charge in [-0.3, -0.25) is 4.84 Å². The van der Waals surface area contributed by atoms with E-state index in [4.69, 9.17) is 9.39 Å². The maximum atomic E-state index is 10.6. The fourth-order valence-corrected chi connectivity index (χ4v) is 1.52. The molecule has 0 unspecified atom stereocenters. The molecule has 4 nitrogen and oxygen atoms in total. The summed E-state index contributed by atoms with van der Waals surface area (Å²) < 4.78 is 8.24. The zero-order valence-electron chi connectivity index (χ0n) is 6.78. The molecule has 1 aliphatic rings. The summed E-state index contributed by atoms with van der Waals surface area (Å²) in [5, 5.41) is 0. The summed E-state index contributed by atoms with van der Waals surface area (Å²) in [6, 6.07) is 0. The van der Waals surface area contributed by atoms with Gasteiger partial charge in [0.2, 0.25) is 0 Å². The Kier molecular flexibility index (Phi) is 4.00. The van der Waals surface area contributed by atoms with Crippen LogP contribution in [0, 0.1) is 5.41 Å². The fraction of sp³-hybridized carbons (Fsp3) is 0.857. The molecule has 5 heteroatoms. The molecule has 1 aliphatic carbocycles. The van der Waals surface area contributed by atoms with E-state index in [1.807, 2.05) is 0 Å². The van der Waals surface area contributed by atoms with Crippen molar-refractivity contribution < 1.29 is 14.2 Å². The molecular weight excluding hydrogens is 178 g/mol. The number of hydrogen-bond acceptors (Lipinski definition) is 5. The third-order valence-electron chi connectivity index (χ3n) is 2.40. The second-order valence-corrected chi connectivity index (χ2v) is 3.46. The van der Waals surface area contributed by atoms with Gasteiger partial charge >= 0.3 is 0 Å². The van der Waals surface area contributed by atoms with Crippen molar-refractivity contribution in [3.05, 3.63) is 0 Å². The summed E-state index contributed by atoms with van der Waals surface area (Å²) in [5.74, 6) is 0. The van der Waals surface area contributed by atoms with E-state index in [0.29, 0.717) is 18.8 Å². The molecule has 1 saturated carbocycles. The van der Waals surface area contributed by atoms with E-state index in [9.17, 15) is 4.79 Å². The average molecular weight is 191 g/mol. The molecule has 70 valence electrons. The van der Waals surface area contributed by atoms with Gasteiger partial charge in [0, 0.05) is 5.41 Å². The molecule has 0 bridgehead atoms. The highest BCUT2D eigenvalue weighted by atomic mass is 32.2. The Bertz CT molecular complexity index is 150. The lowest BCUT2D eigenvalue weighted by Crippen LogP contribution is -2.32. The topological polar surface area (TPSA) is 58.6 Å². The number of rotatable bonds is 6. The van der Waals surface area contributed by atoms with E-state index in [1.54, 1.807) is 0 Å². The molecule has 0 aromatic rings. The summed E-state index contributed by atoms with van der Waals surface area (Å²) in [7, 11) is 0. The van der Waals surface area contributed by atoms with Gasteiger partial charge in [0.25, 0.3) is 0 Å². The predicted molar refractivity (Wildman–Crippen MR) is 46.3 cm³/mol. The van der Waals surface area contributed by atoms with Gasteiger partial charge in [-0.05, 0) is 19.3 Å². The molecule has 1 fully saturated rings. The van der Waals surface area contributed by atoms with Gasteiger partial charge in [-0.2, -0.15) is 0 Å². The van der Waals surface area contributed by atoms with Crippen LogP contribution >= 0.6 is 12.2 Å². The van der Waals surface area contributed by atoms with Gasteiger partial charge in [-0.25, -0.2) is 0 Å². The first-order chi connectivity index (χ1) is 5.83. The van der Waals surface area contributed by atoms with Crippen LogP contribution in [0.2, 0.25) is 0 Å². The van der Waals surface area contributed by atoms with Gasteiger partial charge in [0.05, 0.1) is 6.61 Å². The summed E-state index contributed by atoms with van der Waals surface area (Å²) in [4.78, 5) is 17.7. The second-order valence-electron chi connectivity index (χ2n) is 3.11. The maximum Gasteiger partial charge on any atom is 0.126 e. The first-order valence-electron chi connectivity index (χ1n) is 3.96. The number of carbonyl (C=O) groups is 1. The van der Waals surface area contributed by atoms with Crippen molar-refractivity contribution in [2.45, 2.75) is 25.7 Å². The van der Waals surface area contributed by atoms with Crippen molar-refractivity contribution in [2.75, 3.05) is 6.61 Å². The number of carbonyl (C=O) groups excluding carboxylic acids is 1.